The first-order valence-corrected chi connectivity index (χ1v) is 7.24. The molecule has 1 heterocycles. The third-order valence-corrected chi connectivity index (χ3v) is 3.07. The molecule has 5 heteroatoms. The van der Waals surface area contributed by atoms with Crippen molar-refractivity contribution >= 4 is 6.16 Å². The first-order valence-electron chi connectivity index (χ1n) is 7.24. The number of hydrogen-bond donors (Lipinski definition) is 0. The molecule has 0 aliphatic rings. The number of pyridine rings is 1. The Hall–Kier alpha value is -2.43. The lowest BCUT2D eigenvalue weighted by molar-refractivity contribution is 0.0958. The maximum atomic E-state index is 12.7. The van der Waals surface area contributed by atoms with Gasteiger partial charge in [-0.25, -0.2) is 14.2 Å². The summed E-state index contributed by atoms with van der Waals surface area (Å²) in [4.78, 5) is 15.2. The van der Waals surface area contributed by atoms with E-state index in [1.54, 1.807) is 30.3 Å². The van der Waals surface area contributed by atoms with Gasteiger partial charge in [0.05, 0.1) is 6.61 Å². The lowest BCUT2D eigenvalue weighted by Gasteiger charge is -2.05. The Kier molecular flexibility index (Phi) is 6.36. The summed E-state index contributed by atoms with van der Waals surface area (Å²) in [6, 6.07) is 11.6. The van der Waals surface area contributed by atoms with E-state index in [0.717, 1.165) is 31.2 Å². The van der Waals surface area contributed by atoms with Crippen LogP contribution >= 0.6 is 0 Å². The third-order valence-electron chi connectivity index (χ3n) is 3.07. The van der Waals surface area contributed by atoms with E-state index in [9.17, 15) is 9.18 Å². The maximum Gasteiger partial charge on any atom is 0.515 e. The van der Waals surface area contributed by atoms with Gasteiger partial charge in [-0.3, -0.25) is 0 Å². The van der Waals surface area contributed by atoms with Crippen molar-refractivity contribution in [2.24, 2.45) is 0 Å². The maximum absolute atomic E-state index is 12.7. The molecule has 0 N–H and O–H groups in total. The summed E-state index contributed by atoms with van der Waals surface area (Å²) in [6.45, 7) is 0.315. The van der Waals surface area contributed by atoms with Crippen molar-refractivity contribution in [3.05, 3.63) is 60.0 Å². The molecule has 0 spiro atoms. The van der Waals surface area contributed by atoms with Crippen LogP contribution in [0, 0.1) is 5.82 Å². The average Bonchev–Trinajstić information content (AvgIpc) is 2.53. The topological polar surface area (TPSA) is 48.4 Å². The lowest BCUT2D eigenvalue weighted by atomic mass is 10.1. The van der Waals surface area contributed by atoms with Crippen LogP contribution in [0.2, 0.25) is 0 Å². The summed E-state index contributed by atoms with van der Waals surface area (Å²) >= 11 is 0. The van der Waals surface area contributed by atoms with Gasteiger partial charge in [0, 0.05) is 12.3 Å². The summed E-state index contributed by atoms with van der Waals surface area (Å²) in [5, 5.41) is 0. The van der Waals surface area contributed by atoms with E-state index in [1.165, 1.54) is 18.3 Å². The van der Waals surface area contributed by atoms with Gasteiger partial charge in [-0.2, -0.15) is 0 Å². The molecule has 0 aliphatic heterocycles. The number of hydrogen-bond acceptors (Lipinski definition) is 4. The van der Waals surface area contributed by atoms with Crippen LogP contribution in [0.1, 0.15) is 24.8 Å². The molecule has 0 saturated carbocycles. The van der Waals surface area contributed by atoms with Gasteiger partial charge in [0.2, 0.25) is 5.88 Å². The molecule has 4 nitrogen and oxygen atoms in total. The second kappa shape index (κ2) is 8.77. The van der Waals surface area contributed by atoms with Crippen molar-refractivity contribution in [3.8, 4) is 5.88 Å². The molecule has 0 amide bonds. The molecule has 0 fully saturated rings. The average molecular weight is 303 g/mol. The number of unbranched alkanes of at least 4 members (excludes halogenated alkanes) is 2. The van der Waals surface area contributed by atoms with E-state index >= 15 is 0 Å². The highest BCUT2D eigenvalue weighted by molar-refractivity contribution is 5.62. The molecule has 2 rings (SSSR count). The fraction of sp³-hybridized carbons (Fsp3) is 0.294. The van der Waals surface area contributed by atoms with E-state index in [0.29, 0.717) is 6.61 Å². The van der Waals surface area contributed by atoms with Gasteiger partial charge in [0.15, 0.2) is 0 Å². The van der Waals surface area contributed by atoms with E-state index < -0.39 is 6.16 Å². The number of carbonyl (C=O) groups excluding carboxylic acids is 1. The van der Waals surface area contributed by atoms with Gasteiger partial charge in [-0.1, -0.05) is 18.2 Å². The number of aryl methyl sites for hydroxylation is 1. The van der Waals surface area contributed by atoms with Crippen LogP contribution < -0.4 is 4.74 Å². The fourth-order valence-corrected chi connectivity index (χ4v) is 1.94. The highest BCUT2D eigenvalue weighted by Gasteiger charge is 2.05. The van der Waals surface area contributed by atoms with E-state index in [-0.39, 0.29) is 11.7 Å². The van der Waals surface area contributed by atoms with E-state index in [1.807, 2.05) is 0 Å². The minimum absolute atomic E-state index is 0.219. The minimum atomic E-state index is -0.739. The van der Waals surface area contributed by atoms with Crippen molar-refractivity contribution in [1.82, 2.24) is 4.98 Å². The third kappa shape index (κ3) is 5.91. The molecule has 1 aromatic carbocycles. The molecule has 22 heavy (non-hydrogen) atoms. The Labute approximate surface area is 128 Å². The normalized spacial score (nSPS) is 10.2. The van der Waals surface area contributed by atoms with Crippen LogP contribution in [0.3, 0.4) is 0 Å². The van der Waals surface area contributed by atoms with Crippen LogP contribution in [0.5, 0.6) is 5.88 Å². The van der Waals surface area contributed by atoms with Crippen LogP contribution in [0.15, 0.2) is 48.7 Å². The monoisotopic (exact) mass is 303 g/mol. The molecule has 0 aliphatic carbocycles. The summed E-state index contributed by atoms with van der Waals surface area (Å²) < 4.78 is 22.6. The predicted octanol–water partition coefficient (Wildman–Crippen LogP) is 4.15. The van der Waals surface area contributed by atoms with Crippen LogP contribution in [-0.4, -0.2) is 17.7 Å². The van der Waals surface area contributed by atoms with Crippen LogP contribution in [0.4, 0.5) is 9.18 Å². The van der Waals surface area contributed by atoms with Crippen LogP contribution in [-0.2, 0) is 11.2 Å². The first-order chi connectivity index (χ1) is 10.7. The highest BCUT2D eigenvalue weighted by atomic mass is 19.1. The second-order valence-electron chi connectivity index (χ2n) is 4.81. The molecule has 1 aromatic heterocycles. The molecular weight excluding hydrogens is 285 g/mol. The Morgan fingerprint density at radius 3 is 2.59 bits per heavy atom. The van der Waals surface area contributed by atoms with Gasteiger partial charge < -0.3 is 9.47 Å². The zero-order valence-electron chi connectivity index (χ0n) is 12.2. The standard InChI is InChI=1S/C17H18FNO3/c18-15-10-8-14(9-11-15)6-2-1-5-13-21-17(20)22-16-7-3-4-12-19-16/h3-4,7-12H,1-2,5-6,13H2. The first kappa shape index (κ1) is 15.9. The van der Waals surface area contributed by atoms with Gasteiger partial charge >= 0.3 is 6.16 Å². The van der Waals surface area contributed by atoms with Gasteiger partial charge in [-0.15, -0.1) is 0 Å². The number of carbonyl (C=O) groups is 1. The summed E-state index contributed by atoms with van der Waals surface area (Å²) in [5.41, 5.74) is 1.11. The van der Waals surface area contributed by atoms with E-state index in [2.05, 4.69) is 4.98 Å². The second-order valence-corrected chi connectivity index (χ2v) is 4.81. The number of benzene rings is 1. The fourth-order valence-electron chi connectivity index (χ4n) is 1.94. The molecule has 0 bridgehead atoms. The van der Waals surface area contributed by atoms with Gasteiger partial charge in [0.25, 0.3) is 0 Å². The summed E-state index contributed by atoms with van der Waals surface area (Å²) in [6.07, 6.45) is 4.34. The van der Waals surface area contributed by atoms with Crippen molar-refractivity contribution in [3.63, 3.8) is 0 Å². The number of nitrogens with zero attached hydrogens (tertiary/aromatic N) is 1. The molecular formula is C17H18FNO3. The Morgan fingerprint density at radius 1 is 1.05 bits per heavy atom. The number of rotatable bonds is 7. The smallest absolute Gasteiger partial charge is 0.434 e. The minimum Gasteiger partial charge on any atom is -0.434 e. The van der Waals surface area contributed by atoms with E-state index in [4.69, 9.17) is 9.47 Å². The van der Waals surface area contributed by atoms with Crippen molar-refractivity contribution in [2.45, 2.75) is 25.7 Å². The molecule has 0 radical (unpaired) electrons. The number of aromatic nitrogens is 1. The summed E-state index contributed by atoms with van der Waals surface area (Å²) in [7, 11) is 0. The Balaban J connectivity index is 1.54. The van der Waals surface area contributed by atoms with Crippen molar-refractivity contribution in [1.29, 1.82) is 0 Å². The quantitative estimate of drug-likeness (QED) is 0.569. The zero-order chi connectivity index (χ0) is 15.6. The van der Waals surface area contributed by atoms with Gasteiger partial charge in [-0.05, 0) is 49.4 Å². The SMILES string of the molecule is O=C(OCCCCCc1ccc(F)cc1)Oc1ccccn1. The zero-order valence-corrected chi connectivity index (χ0v) is 12.2. The van der Waals surface area contributed by atoms with Gasteiger partial charge in [0.1, 0.15) is 5.82 Å². The van der Waals surface area contributed by atoms with Crippen LogP contribution in [0.25, 0.3) is 0 Å². The van der Waals surface area contributed by atoms with Crippen molar-refractivity contribution in [2.75, 3.05) is 6.61 Å². The number of halogens is 1. The highest BCUT2D eigenvalue weighted by Crippen LogP contribution is 2.09. The Bertz CT molecular complexity index is 572. The Morgan fingerprint density at radius 2 is 1.86 bits per heavy atom. The largest absolute Gasteiger partial charge is 0.515 e. The summed E-state index contributed by atoms with van der Waals surface area (Å²) in [5.74, 6) is 0.00683. The molecule has 0 atom stereocenters. The predicted molar refractivity (Wildman–Crippen MR) is 80.2 cm³/mol. The molecule has 116 valence electrons. The molecule has 2 aromatic rings. The lowest BCUT2D eigenvalue weighted by Crippen LogP contribution is -2.12. The number of ether oxygens (including phenoxy) is 2. The molecule has 0 saturated heterocycles. The molecule has 0 unspecified atom stereocenters. The van der Waals surface area contributed by atoms with Crippen molar-refractivity contribution < 1.29 is 18.7 Å².